The van der Waals surface area contributed by atoms with Crippen LogP contribution >= 0.6 is 0 Å². The van der Waals surface area contributed by atoms with Crippen LogP contribution in [0.25, 0.3) is 0 Å². The van der Waals surface area contributed by atoms with Crippen LogP contribution in [0, 0.1) is 13.8 Å². The number of halogens is 1. The minimum atomic E-state index is 0. The maximum atomic E-state index is 5.37. The van der Waals surface area contributed by atoms with Crippen LogP contribution in [0.2, 0.25) is 0 Å². The summed E-state index contributed by atoms with van der Waals surface area (Å²) in [6, 6.07) is 6.06. The molecule has 3 heteroatoms. The molecule has 0 aliphatic rings. The van der Waals surface area contributed by atoms with Crippen LogP contribution in [0.3, 0.4) is 0 Å². The smallest absolute Gasteiger partial charge is 0.119 e. The lowest BCUT2D eigenvalue weighted by atomic mass is 10.1. The highest BCUT2D eigenvalue weighted by molar-refractivity contribution is 5.33. The second kappa shape index (κ2) is 5.84. The summed E-state index contributed by atoms with van der Waals surface area (Å²) in [5.74, 6) is 0.906. The van der Waals surface area contributed by atoms with Crippen LogP contribution in [0.4, 0.5) is 0 Å². The molecule has 0 saturated heterocycles. The van der Waals surface area contributed by atoms with Crippen LogP contribution in [0.15, 0.2) is 18.2 Å². The number of nitrogens with two attached hydrogens (primary N) is 1. The Bertz CT molecular complexity index is 263. The van der Waals surface area contributed by atoms with Gasteiger partial charge in [-0.25, -0.2) is 0 Å². The topological polar surface area (TPSA) is 35.2 Å². The molecule has 2 nitrogen and oxygen atoms in total. The molecular formula is C10H15ClNO-. The Balaban J connectivity index is 0.00000144. The van der Waals surface area contributed by atoms with E-state index in [0.717, 1.165) is 5.75 Å². The molecule has 0 atom stereocenters. The van der Waals surface area contributed by atoms with E-state index in [0.29, 0.717) is 13.2 Å². The first-order valence-corrected chi connectivity index (χ1v) is 4.14. The number of aryl methyl sites for hydroxylation is 2. The van der Waals surface area contributed by atoms with Gasteiger partial charge in [0.15, 0.2) is 0 Å². The SMILES string of the molecule is Cc1ccc(OCCN)cc1C.[Cl-]. The average molecular weight is 201 g/mol. The summed E-state index contributed by atoms with van der Waals surface area (Å²) >= 11 is 0. The van der Waals surface area contributed by atoms with Gasteiger partial charge < -0.3 is 22.9 Å². The molecule has 0 fully saturated rings. The van der Waals surface area contributed by atoms with E-state index < -0.39 is 0 Å². The molecule has 1 rings (SSSR count). The van der Waals surface area contributed by atoms with E-state index in [1.807, 2.05) is 12.1 Å². The molecule has 0 unspecified atom stereocenters. The Labute approximate surface area is 85.5 Å². The predicted octanol–water partition coefficient (Wildman–Crippen LogP) is -1.36. The molecule has 0 saturated carbocycles. The van der Waals surface area contributed by atoms with Gasteiger partial charge in [-0.1, -0.05) is 6.07 Å². The zero-order valence-electron chi connectivity index (χ0n) is 8.01. The first-order chi connectivity index (χ1) is 5.74. The highest BCUT2D eigenvalue weighted by Gasteiger charge is 1.95. The molecule has 0 aliphatic carbocycles. The average Bonchev–Trinajstić information content (AvgIpc) is 2.07. The minimum absolute atomic E-state index is 0. The number of hydrogen-bond donors (Lipinski definition) is 1. The van der Waals surface area contributed by atoms with Crippen LogP contribution in [-0.2, 0) is 0 Å². The molecule has 0 amide bonds. The summed E-state index contributed by atoms with van der Waals surface area (Å²) < 4.78 is 5.37. The summed E-state index contributed by atoms with van der Waals surface area (Å²) in [4.78, 5) is 0. The van der Waals surface area contributed by atoms with Gasteiger partial charge in [0.2, 0.25) is 0 Å². The molecule has 0 bridgehead atoms. The molecule has 0 spiro atoms. The zero-order valence-corrected chi connectivity index (χ0v) is 8.77. The van der Waals surface area contributed by atoms with Crippen LogP contribution < -0.4 is 22.9 Å². The van der Waals surface area contributed by atoms with Crippen molar-refractivity contribution >= 4 is 0 Å². The molecule has 0 aliphatic heterocycles. The van der Waals surface area contributed by atoms with E-state index in [1.165, 1.54) is 11.1 Å². The van der Waals surface area contributed by atoms with E-state index in [1.54, 1.807) is 0 Å². The molecule has 1 aromatic carbocycles. The van der Waals surface area contributed by atoms with Crippen molar-refractivity contribution in [2.75, 3.05) is 13.2 Å². The van der Waals surface area contributed by atoms with Crippen molar-refractivity contribution in [3.05, 3.63) is 29.3 Å². The van der Waals surface area contributed by atoms with E-state index in [-0.39, 0.29) is 12.4 Å². The Morgan fingerprint density at radius 3 is 2.46 bits per heavy atom. The van der Waals surface area contributed by atoms with Crippen molar-refractivity contribution in [3.63, 3.8) is 0 Å². The number of ether oxygens (including phenoxy) is 1. The molecule has 0 radical (unpaired) electrons. The van der Waals surface area contributed by atoms with Gasteiger partial charge in [-0.05, 0) is 37.1 Å². The second-order valence-corrected chi connectivity index (χ2v) is 2.88. The third-order valence-electron chi connectivity index (χ3n) is 1.86. The summed E-state index contributed by atoms with van der Waals surface area (Å²) in [5.41, 5.74) is 7.86. The number of benzene rings is 1. The fourth-order valence-corrected chi connectivity index (χ4v) is 0.980. The molecular weight excluding hydrogens is 186 g/mol. The summed E-state index contributed by atoms with van der Waals surface area (Å²) in [5, 5.41) is 0. The Morgan fingerprint density at radius 2 is 1.92 bits per heavy atom. The molecule has 0 heterocycles. The van der Waals surface area contributed by atoms with Crippen molar-refractivity contribution in [2.24, 2.45) is 5.73 Å². The first-order valence-electron chi connectivity index (χ1n) is 4.14. The molecule has 2 N–H and O–H groups in total. The molecule has 1 aromatic rings. The Morgan fingerprint density at radius 1 is 1.23 bits per heavy atom. The lowest BCUT2D eigenvalue weighted by Gasteiger charge is -2.06. The zero-order chi connectivity index (χ0) is 8.97. The first kappa shape index (κ1) is 12.3. The highest BCUT2D eigenvalue weighted by Crippen LogP contribution is 2.15. The summed E-state index contributed by atoms with van der Waals surface area (Å²) in [7, 11) is 0. The van der Waals surface area contributed by atoms with Crippen LogP contribution in [0.1, 0.15) is 11.1 Å². The third kappa shape index (κ3) is 3.66. The second-order valence-electron chi connectivity index (χ2n) is 2.88. The van der Waals surface area contributed by atoms with Crippen molar-refractivity contribution in [3.8, 4) is 5.75 Å². The molecule has 13 heavy (non-hydrogen) atoms. The van der Waals surface area contributed by atoms with E-state index in [4.69, 9.17) is 10.5 Å². The third-order valence-corrected chi connectivity index (χ3v) is 1.86. The highest BCUT2D eigenvalue weighted by atomic mass is 35.5. The van der Waals surface area contributed by atoms with Crippen LogP contribution in [0.5, 0.6) is 5.75 Å². The minimum Gasteiger partial charge on any atom is -1.00 e. The van der Waals surface area contributed by atoms with Crippen LogP contribution in [-0.4, -0.2) is 13.2 Å². The van der Waals surface area contributed by atoms with Gasteiger partial charge in [-0.15, -0.1) is 0 Å². The molecule has 0 aromatic heterocycles. The summed E-state index contributed by atoms with van der Waals surface area (Å²) in [6.45, 7) is 5.31. The van der Waals surface area contributed by atoms with Gasteiger partial charge in [-0.2, -0.15) is 0 Å². The van der Waals surface area contributed by atoms with Gasteiger partial charge in [0.05, 0.1) is 0 Å². The fourth-order valence-electron chi connectivity index (χ4n) is 0.980. The van der Waals surface area contributed by atoms with E-state index in [2.05, 4.69) is 19.9 Å². The van der Waals surface area contributed by atoms with Gasteiger partial charge in [0, 0.05) is 6.54 Å². The lowest BCUT2D eigenvalue weighted by molar-refractivity contribution is -0.00000314. The lowest BCUT2D eigenvalue weighted by Crippen LogP contribution is -3.00. The normalized spacial score (nSPS) is 9.15. The van der Waals surface area contributed by atoms with Crippen molar-refractivity contribution in [1.29, 1.82) is 0 Å². The van der Waals surface area contributed by atoms with Crippen molar-refractivity contribution < 1.29 is 17.1 Å². The maximum Gasteiger partial charge on any atom is 0.119 e. The summed E-state index contributed by atoms with van der Waals surface area (Å²) in [6.07, 6.45) is 0. The van der Waals surface area contributed by atoms with Gasteiger partial charge in [-0.3, -0.25) is 0 Å². The predicted molar refractivity (Wildman–Crippen MR) is 50.5 cm³/mol. The molecule has 74 valence electrons. The van der Waals surface area contributed by atoms with Crippen molar-refractivity contribution in [2.45, 2.75) is 13.8 Å². The monoisotopic (exact) mass is 200 g/mol. The Kier molecular flexibility index (Phi) is 5.51. The fraction of sp³-hybridized carbons (Fsp3) is 0.400. The van der Waals surface area contributed by atoms with E-state index >= 15 is 0 Å². The van der Waals surface area contributed by atoms with Gasteiger partial charge >= 0.3 is 0 Å². The van der Waals surface area contributed by atoms with E-state index in [9.17, 15) is 0 Å². The van der Waals surface area contributed by atoms with Crippen molar-refractivity contribution in [1.82, 2.24) is 0 Å². The quantitative estimate of drug-likeness (QED) is 0.655. The van der Waals surface area contributed by atoms with Gasteiger partial charge in [0.1, 0.15) is 12.4 Å². The van der Waals surface area contributed by atoms with Gasteiger partial charge in [0.25, 0.3) is 0 Å². The Hall–Kier alpha value is -0.730. The maximum absolute atomic E-state index is 5.37. The number of hydrogen-bond acceptors (Lipinski definition) is 2. The number of rotatable bonds is 3. The largest absolute Gasteiger partial charge is 1.00 e. The standard InChI is InChI=1S/C10H15NO.ClH/c1-8-3-4-10(7-9(8)2)12-6-5-11;/h3-4,7H,5-6,11H2,1-2H3;1H/p-1.